The van der Waals surface area contributed by atoms with Crippen LogP contribution in [0.15, 0.2) is 47.4 Å². The third kappa shape index (κ3) is 4.43. The molecule has 2 fully saturated rings. The van der Waals surface area contributed by atoms with E-state index in [9.17, 15) is 9.90 Å². The molecule has 0 radical (unpaired) electrons. The number of fused-ring (bicyclic) bond motifs is 2. The van der Waals surface area contributed by atoms with Crippen molar-refractivity contribution in [1.82, 2.24) is 20.1 Å². The van der Waals surface area contributed by atoms with Crippen molar-refractivity contribution in [3.8, 4) is 28.1 Å². The molecule has 1 aromatic carbocycles. The summed E-state index contributed by atoms with van der Waals surface area (Å²) in [5, 5.41) is 23.1. The van der Waals surface area contributed by atoms with Gasteiger partial charge in [-0.05, 0) is 87.4 Å². The minimum absolute atomic E-state index is 0.00397. The summed E-state index contributed by atoms with van der Waals surface area (Å²) in [5.74, 6) is -0.145. The SMILES string of the molecule is CN(c1ccc(-c2c(O)cc(-c3ccn(C)c(=O)c3)cc2F)nn1)[C@@H]1C[C@]2(C)CCC[C@](C)(C1)N2. The Morgan fingerprint density at radius 2 is 1.80 bits per heavy atom. The largest absolute Gasteiger partial charge is 0.507 e. The van der Waals surface area contributed by atoms with E-state index >= 15 is 4.39 Å². The van der Waals surface area contributed by atoms with Crippen molar-refractivity contribution >= 4 is 5.82 Å². The maximum atomic E-state index is 15.1. The number of phenols is 1. The maximum Gasteiger partial charge on any atom is 0.250 e. The van der Waals surface area contributed by atoms with E-state index in [1.54, 1.807) is 25.4 Å². The van der Waals surface area contributed by atoms with E-state index in [1.165, 1.54) is 42.0 Å². The molecule has 0 spiro atoms. The molecular weight excluding hydrogens is 445 g/mol. The van der Waals surface area contributed by atoms with Gasteiger partial charge in [0.1, 0.15) is 11.6 Å². The molecule has 184 valence electrons. The van der Waals surface area contributed by atoms with Gasteiger partial charge in [0.15, 0.2) is 5.82 Å². The molecule has 7 nitrogen and oxygen atoms in total. The van der Waals surface area contributed by atoms with Crippen molar-refractivity contribution in [2.45, 2.75) is 63.1 Å². The number of anilines is 1. The fourth-order valence-corrected chi connectivity index (χ4v) is 5.99. The van der Waals surface area contributed by atoms with Crippen molar-refractivity contribution in [2.75, 3.05) is 11.9 Å². The van der Waals surface area contributed by atoms with E-state index in [0.717, 1.165) is 18.7 Å². The van der Waals surface area contributed by atoms with Crippen LogP contribution in [0.3, 0.4) is 0 Å². The number of aromatic hydroxyl groups is 1. The van der Waals surface area contributed by atoms with Gasteiger partial charge in [-0.3, -0.25) is 4.79 Å². The number of piperidine rings is 2. The van der Waals surface area contributed by atoms with Gasteiger partial charge < -0.3 is 19.9 Å². The zero-order chi connectivity index (χ0) is 25.0. The third-order valence-electron chi connectivity index (χ3n) is 7.76. The molecule has 2 saturated heterocycles. The van der Waals surface area contributed by atoms with Gasteiger partial charge in [-0.15, -0.1) is 10.2 Å². The number of benzene rings is 1. The van der Waals surface area contributed by atoms with Gasteiger partial charge in [-0.2, -0.15) is 0 Å². The van der Waals surface area contributed by atoms with E-state index in [0.29, 0.717) is 17.2 Å². The normalized spacial score (nSPS) is 25.9. The number of rotatable bonds is 4. The Morgan fingerprint density at radius 1 is 1.09 bits per heavy atom. The fraction of sp³-hybridized carbons (Fsp3) is 0.444. The van der Waals surface area contributed by atoms with Crippen LogP contribution in [0.25, 0.3) is 22.4 Å². The molecule has 3 atom stereocenters. The number of halogens is 1. The summed E-state index contributed by atoms with van der Waals surface area (Å²) < 4.78 is 16.5. The maximum absolute atomic E-state index is 15.1. The second-order valence-electron chi connectivity index (χ2n) is 10.8. The molecule has 2 aliphatic rings. The first-order valence-corrected chi connectivity index (χ1v) is 12.1. The van der Waals surface area contributed by atoms with Crippen molar-refractivity contribution in [3.63, 3.8) is 0 Å². The lowest BCUT2D eigenvalue weighted by molar-refractivity contribution is 0.0784. The average Bonchev–Trinajstić information content (AvgIpc) is 2.79. The zero-order valence-electron chi connectivity index (χ0n) is 20.7. The summed E-state index contributed by atoms with van der Waals surface area (Å²) in [7, 11) is 3.68. The van der Waals surface area contributed by atoms with Crippen LogP contribution in [-0.2, 0) is 7.05 Å². The second kappa shape index (κ2) is 8.45. The lowest BCUT2D eigenvalue weighted by atomic mass is 9.69. The summed E-state index contributed by atoms with van der Waals surface area (Å²) in [5.41, 5.74) is 1.24. The first kappa shape index (κ1) is 23.5. The quantitative estimate of drug-likeness (QED) is 0.585. The Bertz CT molecular complexity index is 1280. The van der Waals surface area contributed by atoms with Crippen molar-refractivity contribution in [3.05, 3.63) is 58.8 Å². The first-order chi connectivity index (χ1) is 16.6. The number of nitrogens with one attached hydrogen (secondary N) is 1. The van der Waals surface area contributed by atoms with Gasteiger partial charge in [0.2, 0.25) is 0 Å². The molecule has 8 heteroatoms. The first-order valence-electron chi connectivity index (χ1n) is 12.1. The standard InChI is InChI=1S/C27H32FN5O2/c1-26-9-5-10-27(2,31-26)16-19(15-26)33(4)23-7-6-21(29-30-23)25-20(28)12-18(13-22(25)34)17-8-11-32(3)24(35)14-17/h6-8,11-14,19,31,34H,5,9-10,15-16H2,1-4H3/t19-,26+,27-. The molecule has 2 aliphatic heterocycles. The summed E-state index contributed by atoms with van der Waals surface area (Å²) in [6, 6.07) is 9.72. The van der Waals surface area contributed by atoms with E-state index in [-0.39, 0.29) is 33.6 Å². The highest BCUT2D eigenvalue weighted by molar-refractivity contribution is 5.75. The van der Waals surface area contributed by atoms with Gasteiger partial charge >= 0.3 is 0 Å². The highest BCUT2D eigenvalue weighted by atomic mass is 19.1. The monoisotopic (exact) mass is 477 g/mol. The van der Waals surface area contributed by atoms with Crippen LogP contribution in [-0.4, -0.2) is 44.0 Å². The lowest BCUT2D eigenvalue weighted by Crippen LogP contribution is -2.66. The topological polar surface area (TPSA) is 83.3 Å². The number of aromatic nitrogens is 3. The Hall–Kier alpha value is -3.26. The van der Waals surface area contributed by atoms with Gasteiger partial charge in [-0.25, -0.2) is 4.39 Å². The molecule has 2 N–H and O–H groups in total. The van der Waals surface area contributed by atoms with Crippen LogP contribution in [0.4, 0.5) is 10.2 Å². The number of hydrogen-bond acceptors (Lipinski definition) is 6. The van der Waals surface area contributed by atoms with Crippen LogP contribution < -0.4 is 15.8 Å². The fourth-order valence-electron chi connectivity index (χ4n) is 5.99. The van der Waals surface area contributed by atoms with Crippen molar-refractivity contribution < 1.29 is 9.50 Å². The number of pyridine rings is 1. The summed E-state index contributed by atoms with van der Waals surface area (Å²) >= 11 is 0. The van der Waals surface area contributed by atoms with Gasteiger partial charge in [0.05, 0.1) is 11.3 Å². The van der Waals surface area contributed by atoms with E-state index < -0.39 is 5.82 Å². The highest BCUT2D eigenvalue weighted by Gasteiger charge is 2.46. The number of hydrogen-bond donors (Lipinski definition) is 2. The van der Waals surface area contributed by atoms with Crippen LogP contribution >= 0.6 is 0 Å². The Kier molecular flexibility index (Phi) is 5.67. The average molecular weight is 478 g/mol. The summed E-state index contributed by atoms with van der Waals surface area (Å²) in [4.78, 5) is 14.1. The number of aryl methyl sites for hydroxylation is 1. The minimum atomic E-state index is -0.622. The third-order valence-corrected chi connectivity index (χ3v) is 7.76. The molecule has 4 heterocycles. The molecular formula is C27H32FN5O2. The smallest absolute Gasteiger partial charge is 0.250 e. The van der Waals surface area contributed by atoms with Crippen molar-refractivity contribution in [2.24, 2.45) is 7.05 Å². The molecule has 0 saturated carbocycles. The molecule has 5 rings (SSSR count). The second-order valence-corrected chi connectivity index (χ2v) is 10.8. The van der Waals surface area contributed by atoms with Gasteiger partial charge in [-0.1, -0.05) is 0 Å². The summed E-state index contributed by atoms with van der Waals surface area (Å²) in [6.07, 6.45) is 7.26. The Balaban J connectivity index is 1.39. The van der Waals surface area contributed by atoms with Crippen LogP contribution in [0.2, 0.25) is 0 Å². The van der Waals surface area contributed by atoms with Crippen LogP contribution in [0, 0.1) is 5.82 Å². The molecule has 2 bridgehead atoms. The molecule has 3 aromatic rings. The van der Waals surface area contributed by atoms with E-state index in [1.807, 2.05) is 13.1 Å². The predicted octanol–water partition coefficient (Wildman–Crippen LogP) is 4.24. The zero-order valence-corrected chi connectivity index (χ0v) is 20.7. The lowest BCUT2D eigenvalue weighted by Gasteiger charge is -2.55. The van der Waals surface area contributed by atoms with E-state index in [2.05, 4.69) is 34.3 Å². The number of nitrogens with zero attached hydrogens (tertiary/aromatic N) is 4. The minimum Gasteiger partial charge on any atom is -0.507 e. The highest BCUT2D eigenvalue weighted by Crippen LogP contribution is 2.42. The summed E-state index contributed by atoms with van der Waals surface area (Å²) in [6.45, 7) is 4.61. The predicted molar refractivity (Wildman–Crippen MR) is 135 cm³/mol. The van der Waals surface area contributed by atoms with Crippen LogP contribution in [0.5, 0.6) is 5.75 Å². The molecule has 2 aromatic heterocycles. The molecule has 0 amide bonds. The van der Waals surface area contributed by atoms with Crippen LogP contribution in [0.1, 0.15) is 46.0 Å². The van der Waals surface area contributed by atoms with Crippen molar-refractivity contribution in [1.29, 1.82) is 0 Å². The number of phenolic OH excluding ortho intramolecular Hbond substituents is 1. The molecule has 35 heavy (non-hydrogen) atoms. The van der Waals surface area contributed by atoms with E-state index in [4.69, 9.17) is 0 Å². The molecule has 0 aliphatic carbocycles. The Morgan fingerprint density at radius 3 is 2.40 bits per heavy atom. The molecule has 0 unspecified atom stereocenters. The van der Waals surface area contributed by atoms with Gasteiger partial charge in [0.25, 0.3) is 5.56 Å². The Labute approximate surface area is 204 Å². The van der Waals surface area contributed by atoms with Gasteiger partial charge in [0, 0.05) is 43.5 Å².